The molecule has 0 bridgehead atoms. The van der Waals surface area contributed by atoms with Crippen molar-refractivity contribution in [2.45, 2.75) is 25.9 Å². The molecule has 1 aromatic carbocycles. The van der Waals surface area contributed by atoms with E-state index in [0.717, 1.165) is 4.90 Å². The molecule has 1 heterocycles. The number of carbonyl (C=O) groups is 2. The monoisotopic (exact) mass is 278 g/mol. The van der Waals surface area contributed by atoms with Crippen LogP contribution < -0.4 is 11.1 Å². The Labute approximate surface area is 114 Å². The van der Waals surface area contributed by atoms with Crippen molar-refractivity contribution in [1.82, 2.24) is 10.2 Å². The number of nitrogens with zero attached hydrogens (tertiary/aromatic N) is 2. The summed E-state index contributed by atoms with van der Waals surface area (Å²) in [5.74, 6) is -0.373. The lowest BCUT2D eigenvalue weighted by molar-refractivity contribution is -0.384. The molecular weight excluding hydrogens is 264 g/mol. The Morgan fingerprint density at radius 2 is 2.05 bits per heavy atom. The highest BCUT2D eigenvalue weighted by Crippen LogP contribution is 2.25. The van der Waals surface area contributed by atoms with Gasteiger partial charge in [0.05, 0.1) is 11.5 Å². The van der Waals surface area contributed by atoms with Crippen molar-refractivity contribution < 1.29 is 14.5 Å². The Hall–Kier alpha value is -2.64. The lowest BCUT2D eigenvalue weighted by Gasteiger charge is -2.16. The van der Waals surface area contributed by atoms with Gasteiger partial charge in [0.15, 0.2) is 0 Å². The topological polar surface area (TPSA) is 119 Å². The maximum atomic E-state index is 12.0. The molecule has 0 aromatic heterocycles. The molecule has 0 atom stereocenters. The molecule has 8 heteroatoms. The number of rotatable bonds is 3. The van der Waals surface area contributed by atoms with Crippen molar-refractivity contribution in [3.63, 3.8) is 0 Å². The summed E-state index contributed by atoms with van der Waals surface area (Å²) < 4.78 is 0. The first-order chi connectivity index (χ1) is 9.22. The van der Waals surface area contributed by atoms with Crippen molar-refractivity contribution in [3.8, 4) is 0 Å². The number of hydrogen-bond donors (Lipinski definition) is 2. The second-order valence-corrected chi connectivity index (χ2v) is 5.10. The molecule has 3 N–H and O–H groups in total. The van der Waals surface area contributed by atoms with Crippen LogP contribution in [0.25, 0.3) is 0 Å². The van der Waals surface area contributed by atoms with Gasteiger partial charge in [-0.2, -0.15) is 0 Å². The van der Waals surface area contributed by atoms with Crippen LogP contribution in [0, 0.1) is 10.1 Å². The number of nitro groups is 1. The summed E-state index contributed by atoms with van der Waals surface area (Å²) in [5, 5.41) is 13.3. The van der Waals surface area contributed by atoms with Gasteiger partial charge in [-0.25, -0.2) is 4.79 Å². The number of benzene rings is 1. The molecular formula is C12H14N4O4. The van der Waals surface area contributed by atoms with Crippen LogP contribution in [0.5, 0.6) is 0 Å². The van der Waals surface area contributed by atoms with Crippen LogP contribution in [0.2, 0.25) is 0 Å². The highest BCUT2D eigenvalue weighted by molar-refractivity contribution is 6.06. The minimum Gasteiger partial charge on any atom is -0.393 e. The molecule has 106 valence electrons. The first-order valence-corrected chi connectivity index (χ1v) is 5.89. The number of nitro benzene ring substituents is 1. The number of nitrogens with two attached hydrogens (primary N) is 1. The first kappa shape index (κ1) is 13.8. The summed E-state index contributed by atoms with van der Waals surface area (Å²) in [7, 11) is 0. The van der Waals surface area contributed by atoms with Crippen LogP contribution in [0.15, 0.2) is 18.2 Å². The van der Waals surface area contributed by atoms with E-state index in [9.17, 15) is 19.7 Å². The highest BCUT2D eigenvalue weighted by Gasteiger charge is 2.44. The molecule has 0 aliphatic carbocycles. The van der Waals surface area contributed by atoms with E-state index in [1.54, 1.807) is 19.9 Å². The molecule has 20 heavy (non-hydrogen) atoms. The maximum absolute atomic E-state index is 12.0. The van der Waals surface area contributed by atoms with Crippen LogP contribution in [0.3, 0.4) is 0 Å². The molecule has 1 aromatic rings. The summed E-state index contributed by atoms with van der Waals surface area (Å²) in [6.45, 7) is 3.16. The van der Waals surface area contributed by atoms with Gasteiger partial charge in [-0.3, -0.25) is 19.8 Å². The van der Waals surface area contributed by atoms with Gasteiger partial charge < -0.3 is 11.1 Å². The van der Waals surface area contributed by atoms with Crippen LogP contribution in [-0.4, -0.2) is 27.3 Å². The SMILES string of the molecule is CC1(C)NC(=O)N(Cc2ccc(N)c([N+](=O)[O-])c2)C1=O. The molecule has 1 fully saturated rings. The zero-order chi connectivity index (χ0) is 15.1. The Morgan fingerprint density at radius 3 is 2.55 bits per heavy atom. The largest absolute Gasteiger partial charge is 0.393 e. The number of nitrogen functional groups attached to an aromatic ring is 1. The van der Waals surface area contributed by atoms with Gasteiger partial charge in [0.1, 0.15) is 11.2 Å². The van der Waals surface area contributed by atoms with Crippen molar-refractivity contribution in [3.05, 3.63) is 33.9 Å². The van der Waals surface area contributed by atoms with E-state index in [-0.39, 0.29) is 23.8 Å². The van der Waals surface area contributed by atoms with Crippen molar-refractivity contribution >= 4 is 23.3 Å². The number of nitrogens with one attached hydrogen (secondary N) is 1. The van der Waals surface area contributed by atoms with Crippen molar-refractivity contribution in [2.24, 2.45) is 0 Å². The molecule has 1 saturated heterocycles. The van der Waals surface area contributed by atoms with Crippen LogP contribution in [0.4, 0.5) is 16.2 Å². The number of urea groups is 1. The fourth-order valence-corrected chi connectivity index (χ4v) is 1.99. The van der Waals surface area contributed by atoms with Gasteiger partial charge in [-0.1, -0.05) is 6.07 Å². The normalized spacial score (nSPS) is 17.2. The van der Waals surface area contributed by atoms with E-state index >= 15 is 0 Å². The van der Waals surface area contributed by atoms with Crippen LogP contribution >= 0.6 is 0 Å². The first-order valence-electron chi connectivity index (χ1n) is 5.89. The van der Waals surface area contributed by atoms with Gasteiger partial charge in [0.25, 0.3) is 11.6 Å². The summed E-state index contributed by atoms with van der Waals surface area (Å²) >= 11 is 0. The average Bonchev–Trinajstić information content (AvgIpc) is 2.53. The molecule has 3 amide bonds. The molecule has 1 aliphatic rings. The third-order valence-corrected chi connectivity index (χ3v) is 3.08. The average molecular weight is 278 g/mol. The fourth-order valence-electron chi connectivity index (χ4n) is 1.99. The second kappa shape index (κ2) is 4.48. The van der Waals surface area contributed by atoms with Gasteiger partial charge in [0.2, 0.25) is 0 Å². The zero-order valence-electron chi connectivity index (χ0n) is 11.0. The third kappa shape index (κ3) is 2.27. The van der Waals surface area contributed by atoms with E-state index in [4.69, 9.17) is 5.73 Å². The van der Waals surface area contributed by atoms with Gasteiger partial charge in [0, 0.05) is 6.07 Å². The van der Waals surface area contributed by atoms with Gasteiger partial charge in [-0.05, 0) is 25.5 Å². The van der Waals surface area contributed by atoms with E-state index in [2.05, 4.69) is 5.32 Å². The minimum absolute atomic E-state index is 0.0325. The van der Waals surface area contributed by atoms with E-state index < -0.39 is 16.5 Å². The third-order valence-electron chi connectivity index (χ3n) is 3.08. The molecule has 1 aliphatic heterocycles. The molecule has 0 unspecified atom stereocenters. The molecule has 8 nitrogen and oxygen atoms in total. The number of amides is 3. The summed E-state index contributed by atoms with van der Waals surface area (Å²) in [5.41, 5.74) is 4.79. The van der Waals surface area contributed by atoms with Crippen LogP contribution in [0.1, 0.15) is 19.4 Å². The molecule has 0 radical (unpaired) electrons. The number of anilines is 1. The Bertz CT molecular complexity index is 611. The maximum Gasteiger partial charge on any atom is 0.325 e. The molecule has 0 saturated carbocycles. The van der Waals surface area contributed by atoms with E-state index in [0.29, 0.717) is 5.56 Å². The predicted octanol–water partition coefficient (Wildman–Crippen LogP) is 1.01. The standard InChI is InChI=1S/C12H14N4O4/c1-12(2)10(17)15(11(18)14-12)6-7-3-4-8(13)9(5-7)16(19)20/h3-5H,6,13H2,1-2H3,(H,14,18). The summed E-state index contributed by atoms with van der Waals surface area (Å²) in [6.07, 6.45) is 0. The van der Waals surface area contributed by atoms with Gasteiger partial charge in [-0.15, -0.1) is 0 Å². The van der Waals surface area contributed by atoms with E-state index in [1.807, 2.05) is 0 Å². The fraction of sp³-hybridized carbons (Fsp3) is 0.333. The summed E-state index contributed by atoms with van der Waals surface area (Å²) in [6, 6.07) is 3.69. The lowest BCUT2D eigenvalue weighted by atomic mass is 10.1. The Balaban J connectivity index is 2.27. The highest BCUT2D eigenvalue weighted by atomic mass is 16.6. The smallest absolute Gasteiger partial charge is 0.325 e. The Kier molecular flexibility index (Phi) is 3.09. The number of hydrogen-bond acceptors (Lipinski definition) is 5. The minimum atomic E-state index is -0.961. The van der Waals surface area contributed by atoms with Crippen LogP contribution in [-0.2, 0) is 11.3 Å². The Morgan fingerprint density at radius 1 is 1.40 bits per heavy atom. The lowest BCUT2D eigenvalue weighted by Crippen LogP contribution is -2.40. The molecule has 2 rings (SSSR count). The van der Waals surface area contributed by atoms with Crippen molar-refractivity contribution in [1.29, 1.82) is 0 Å². The van der Waals surface area contributed by atoms with Crippen molar-refractivity contribution in [2.75, 3.05) is 5.73 Å². The molecule has 0 spiro atoms. The van der Waals surface area contributed by atoms with E-state index in [1.165, 1.54) is 12.1 Å². The number of imide groups is 1. The predicted molar refractivity (Wildman–Crippen MR) is 70.7 cm³/mol. The van der Waals surface area contributed by atoms with Gasteiger partial charge >= 0.3 is 6.03 Å². The quantitative estimate of drug-likeness (QED) is 0.370. The zero-order valence-corrected chi connectivity index (χ0v) is 11.0. The second-order valence-electron chi connectivity index (χ2n) is 5.10. The summed E-state index contributed by atoms with van der Waals surface area (Å²) in [4.78, 5) is 35.0. The number of carbonyl (C=O) groups excluding carboxylic acids is 2.